The minimum absolute atomic E-state index is 0.0724. The van der Waals surface area contributed by atoms with E-state index in [0.29, 0.717) is 24.2 Å². The number of aliphatic hydroxyl groups excluding tert-OH is 1. The molecule has 0 aromatic heterocycles. The van der Waals surface area contributed by atoms with Gasteiger partial charge in [0.05, 0.1) is 17.1 Å². The molecule has 2 nitrogen and oxygen atoms in total. The summed E-state index contributed by atoms with van der Waals surface area (Å²) in [6.45, 7) is -0.0724. The molecule has 1 rings (SSSR count). The van der Waals surface area contributed by atoms with Crippen molar-refractivity contribution in [1.82, 2.24) is 0 Å². The Morgan fingerprint density at radius 1 is 1.35 bits per heavy atom. The number of methoxy groups -OCH3 is 1. The van der Waals surface area contributed by atoms with Gasteiger partial charge in [0.1, 0.15) is 5.75 Å². The van der Waals surface area contributed by atoms with Crippen LogP contribution in [0.2, 0.25) is 0 Å². The third kappa shape index (κ3) is 3.61. The molecular formula is C11H12BrF3O2. The van der Waals surface area contributed by atoms with Crippen LogP contribution in [0.3, 0.4) is 0 Å². The first-order valence-electron chi connectivity index (χ1n) is 4.94. The molecule has 17 heavy (non-hydrogen) atoms. The molecule has 0 heterocycles. The standard InChI is InChI=1S/C11H12BrF3O2/c1-17-10-7(3-2-4-16)5-8(6-9(10)12)11(13,14)15/h5-6,16H,2-4H2,1H3. The van der Waals surface area contributed by atoms with Crippen LogP contribution in [-0.4, -0.2) is 18.8 Å². The lowest BCUT2D eigenvalue weighted by molar-refractivity contribution is -0.137. The largest absolute Gasteiger partial charge is 0.495 e. The molecule has 0 aliphatic rings. The second kappa shape index (κ2) is 5.73. The van der Waals surface area contributed by atoms with Crippen molar-refractivity contribution in [1.29, 1.82) is 0 Å². The predicted octanol–water partition coefficient (Wildman–Crippen LogP) is 3.40. The van der Waals surface area contributed by atoms with Crippen molar-refractivity contribution >= 4 is 15.9 Å². The molecule has 0 amide bonds. The second-order valence-corrected chi connectivity index (χ2v) is 4.33. The van der Waals surface area contributed by atoms with Crippen molar-refractivity contribution in [3.05, 3.63) is 27.7 Å². The third-order valence-electron chi connectivity index (χ3n) is 2.26. The van der Waals surface area contributed by atoms with Crippen LogP contribution in [-0.2, 0) is 12.6 Å². The molecule has 0 radical (unpaired) electrons. The molecule has 0 bridgehead atoms. The molecule has 0 atom stereocenters. The molecule has 1 aromatic rings. The van der Waals surface area contributed by atoms with Gasteiger partial charge in [-0.3, -0.25) is 0 Å². The summed E-state index contributed by atoms with van der Waals surface area (Å²) in [5.74, 6) is 0.381. The zero-order valence-electron chi connectivity index (χ0n) is 9.14. The lowest BCUT2D eigenvalue weighted by atomic mass is 10.0. The number of benzene rings is 1. The first-order valence-corrected chi connectivity index (χ1v) is 5.74. The molecule has 0 fully saturated rings. The average molecular weight is 313 g/mol. The van der Waals surface area contributed by atoms with Gasteiger partial charge >= 0.3 is 6.18 Å². The van der Waals surface area contributed by atoms with E-state index in [9.17, 15) is 13.2 Å². The maximum absolute atomic E-state index is 12.6. The summed E-state index contributed by atoms with van der Waals surface area (Å²) in [5.41, 5.74) is -0.290. The fourth-order valence-corrected chi connectivity index (χ4v) is 2.16. The Balaban J connectivity index is 3.19. The normalized spacial score (nSPS) is 11.6. The van der Waals surface area contributed by atoms with E-state index in [-0.39, 0.29) is 11.1 Å². The van der Waals surface area contributed by atoms with E-state index in [1.54, 1.807) is 0 Å². The summed E-state index contributed by atoms with van der Waals surface area (Å²) in [7, 11) is 1.40. The van der Waals surface area contributed by atoms with Crippen LogP contribution >= 0.6 is 15.9 Å². The lowest BCUT2D eigenvalue weighted by Crippen LogP contribution is -2.07. The lowest BCUT2D eigenvalue weighted by Gasteiger charge is -2.14. The Labute approximate surface area is 106 Å². The van der Waals surface area contributed by atoms with E-state index < -0.39 is 11.7 Å². The maximum atomic E-state index is 12.6. The number of hydrogen-bond acceptors (Lipinski definition) is 2. The van der Waals surface area contributed by atoms with Gasteiger partial charge in [0.25, 0.3) is 0 Å². The highest BCUT2D eigenvalue weighted by Crippen LogP contribution is 2.37. The van der Waals surface area contributed by atoms with Crippen LogP contribution in [0.1, 0.15) is 17.5 Å². The third-order valence-corrected chi connectivity index (χ3v) is 2.85. The minimum atomic E-state index is -4.39. The zero-order chi connectivity index (χ0) is 13.1. The van der Waals surface area contributed by atoms with E-state index in [4.69, 9.17) is 9.84 Å². The number of aryl methyl sites for hydroxylation is 1. The number of rotatable bonds is 4. The first kappa shape index (κ1) is 14.3. The minimum Gasteiger partial charge on any atom is -0.495 e. The monoisotopic (exact) mass is 312 g/mol. The Morgan fingerprint density at radius 3 is 2.47 bits per heavy atom. The molecule has 96 valence electrons. The SMILES string of the molecule is COc1c(Br)cc(C(F)(F)F)cc1CCCO. The summed E-state index contributed by atoms with van der Waals surface area (Å²) < 4.78 is 43.1. The fourth-order valence-electron chi connectivity index (χ4n) is 1.50. The van der Waals surface area contributed by atoms with Crippen molar-refractivity contribution in [3.63, 3.8) is 0 Å². The Hall–Kier alpha value is -0.750. The second-order valence-electron chi connectivity index (χ2n) is 3.48. The predicted molar refractivity (Wildman–Crippen MR) is 61.1 cm³/mol. The first-order chi connectivity index (χ1) is 7.90. The molecule has 0 spiro atoms. The van der Waals surface area contributed by atoms with Gasteiger partial charge in [-0.2, -0.15) is 13.2 Å². The van der Waals surface area contributed by atoms with E-state index in [0.717, 1.165) is 12.1 Å². The Kier molecular flexibility index (Phi) is 4.82. The van der Waals surface area contributed by atoms with Crippen LogP contribution in [0, 0.1) is 0 Å². The smallest absolute Gasteiger partial charge is 0.416 e. The quantitative estimate of drug-likeness (QED) is 0.923. The van der Waals surface area contributed by atoms with Crippen LogP contribution in [0.15, 0.2) is 16.6 Å². The van der Waals surface area contributed by atoms with Crippen molar-refractivity contribution in [2.24, 2.45) is 0 Å². The Morgan fingerprint density at radius 2 is 2.00 bits per heavy atom. The van der Waals surface area contributed by atoms with Gasteiger partial charge in [0, 0.05) is 6.61 Å². The molecular weight excluding hydrogens is 301 g/mol. The molecule has 1 aromatic carbocycles. The number of ether oxygens (including phenoxy) is 1. The number of aliphatic hydroxyl groups is 1. The highest BCUT2D eigenvalue weighted by molar-refractivity contribution is 9.10. The molecule has 0 aliphatic heterocycles. The molecule has 0 saturated carbocycles. The highest BCUT2D eigenvalue weighted by Gasteiger charge is 2.32. The number of halogens is 4. The van der Waals surface area contributed by atoms with E-state index >= 15 is 0 Å². The summed E-state index contributed by atoms with van der Waals surface area (Å²) in [5, 5.41) is 8.71. The molecule has 0 aliphatic carbocycles. The van der Waals surface area contributed by atoms with Gasteiger partial charge in [-0.05, 0) is 46.5 Å². The van der Waals surface area contributed by atoms with Crippen LogP contribution < -0.4 is 4.74 Å². The molecule has 0 saturated heterocycles. The fraction of sp³-hybridized carbons (Fsp3) is 0.455. The van der Waals surface area contributed by atoms with Crippen molar-refractivity contribution < 1.29 is 23.0 Å². The zero-order valence-corrected chi connectivity index (χ0v) is 10.7. The summed E-state index contributed by atoms with van der Waals surface area (Å²) in [6, 6.07) is 2.04. The number of alkyl halides is 3. The maximum Gasteiger partial charge on any atom is 0.416 e. The summed E-state index contributed by atoms with van der Waals surface area (Å²) in [4.78, 5) is 0. The summed E-state index contributed by atoms with van der Waals surface area (Å²) in [6.07, 6.45) is -3.66. The molecule has 0 unspecified atom stereocenters. The van der Waals surface area contributed by atoms with Crippen LogP contribution in [0.25, 0.3) is 0 Å². The van der Waals surface area contributed by atoms with E-state index in [1.165, 1.54) is 7.11 Å². The topological polar surface area (TPSA) is 29.5 Å². The summed E-state index contributed by atoms with van der Waals surface area (Å²) >= 11 is 3.06. The number of hydrogen-bond donors (Lipinski definition) is 1. The van der Waals surface area contributed by atoms with Gasteiger partial charge in [-0.15, -0.1) is 0 Å². The molecule has 1 N–H and O–H groups in total. The highest BCUT2D eigenvalue weighted by atomic mass is 79.9. The van der Waals surface area contributed by atoms with Crippen molar-refractivity contribution in [2.45, 2.75) is 19.0 Å². The van der Waals surface area contributed by atoms with Crippen molar-refractivity contribution in [2.75, 3.05) is 13.7 Å². The van der Waals surface area contributed by atoms with Gasteiger partial charge in [0.15, 0.2) is 0 Å². The Bertz CT molecular complexity index is 391. The molecule has 6 heteroatoms. The van der Waals surface area contributed by atoms with Gasteiger partial charge in [-0.25, -0.2) is 0 Å². The van der Waals surface area contributed by atoms with E-state index in [2.05, 4.69) is 15.9 Å². The van der Waals surface area contributed by atoms with Crippen LogP contribution in [0.5, 0.6) is 5.75 Å². The van der Waals surface area contributed by atoms with Gasteiger partial charge in [0.2, 0.25) is 0 Å². The van der Waals surface area contributed by atoms with Crippen LogP contribution in [0.4, 0.5) is 13.2 Å². The average Bonchev–Trinajstić information content (AvgIpc) is 2.24. The van der Waals surface area contributed by atoms with Crippen molar-refractivity contribution in [3.8, 4) is 5.75 Å². The van der Waals surface area contributed by atoms with Gasteiger partial charge < -0.3 is 9.84 Å². The van der Waals surface area contributed by atoms with E-state index in [1.807, 2.05) is 0 Å². The van der Waals surface area contributed by atoms with Gasteiger partial charge in [-0.1, -0.05) is 0 Å².